The lowest BCUT2D eigenvalue weighted by molar-refractivity contribution is 0.102. The fourth-order valence-corrected chi connectivity index (χ4v) is 6.55. The molecule has 0 saturated heterocycles. The first-order chi connectivity index (χ1) is 16.9. The smallest absolute Gasteiger partial charge is 0.264 e. The van der Waals surface area contributed by atoms with Gasteiger partial charge >= 0.3 is 0 Å². The number of para-hydroxylation sites is 1. The summed E-state index contributed by atoms with van der Waals surface area (Å²) in [6.07, 6.45) is 0. The zero-order chi connectivity index (χ0) is 24.2. The van der Waals surface area contributed by atoms with Crippen LogP contribution >= 0.6 is 11.3 Å². The maximum absolute atomic E-state index is 13.0. The molecular formula is C27H19N3O3S2. The number of hydrogen-bond donors (Lipinski definition) is 1. The summed E-state index contributed by atoms with van der Waals surface area (Å²) >= 11 is 1.44. The minimum absolute atomic E-state index is 0.110. The Morgan fingerprint density at radius 2 is 1.54 bits per heavy atom. The Kier molecular flexibility index (Phi) is 4.94. The van der Waals surface area contributed by atoms with Crippen molar-refractivity contribution in [2.75, 3.05) is 16.7 Å². The molecule has 0 saturated carbocycles. The first-order valence-corrected chi connectivity index (χ1v) is 13.2. The zero-order valence-electron chi connectivity index (χ0n) is 18.6. The van der Waals surface area contributed by atoms with Crippen LogP contribution in [0, 0.1) is 0 Å². The molecule has 1 aliphatic carbocycles. The first kappa shape index (κ1) is 21.5. The van der Waals surface area contributed by atoms with Crippen molar-refractivity contribution < 1.29 is 13.2 Å². The van der Waals surface area contributed by atoms with Crippen molar-refractivity contribution >= 4 is 48.9 Å². The summed E-state index contributed by atoms with van der Waals surface area (Å²) in [5, 5.41) is 5.74. The van der Waals surface area contributed by atoms with Crippen LogP contribution in [0.5, 0.6) is 0 Å². The fourth-order valence-electron chi connectivity index (χ4n) is 4.35. The van der Waals surface area contributed by atoms with Crippen LogP contribution in [0.25, 0.3) is 32.5 Å². The van der Waals surface area contributed by atoms with Gasteiger partial charge in [0.1, 0.15) is 0 Å². The van der Waals surface area contributed by atoms with Crippen molar-refractivity contribution in [2.45, 2.75) is 4.90 Å². The SMILES string of the molecule is CN(c1ccccc1)S(=O)(=O)c1ccc(C(=O)Nc2nc3c(s2)-c2cccc4cccc-3c24)cc1. The molecule has 35 heavy (non-hydrogen) atoms. The number of sulfonamides is 1. The lowest BCUT2D eigenvalue weighted by Crippen LogP contribution is -2.26. The normalized spacial score (nSPS) is 11.9. The van der Waals surface area contributed by atoms with Gasteiger partial charge in [0.15, 0.2) is 5.13 Å². The molecule has 8 heteroatoms. The highest BCUT2D eigenvalue weighted by Gasteiger charge is 2.26. The van der Waals surface area contributed by atoms with Crippen molar-refractivity contribution in [3.63, 3.8) is 0 Å². The van der Waals surface area contributed by atoms with Crippen LogP contribution in [0.3, 0.4) is 0 Å². The second kappa shape index (κ2) is 8.04. The molecule has 0 atom stereocenters. The van der Waals surface area contributed by atoms with Gasteiger partial charge in [-0.1, -0.05) is 65.9 Å². The van der Waals surface area contributed by atoms with Crippen LogP contribution in [0.1, 0.15) is 10.4 Å². The molecule has 1 aromatic heterocycles. The van der Waals surface area contributed by atoms with Gasteiger partial charge in [0, 0.05) is 23.7 Å². The first-order valence-electron chi connectivity index (χ1n) is 10.9. The van der Waals surface area contributed by atoms with E-state index in [-0.39, 0.29) is 10.8 Å². The number of benzene rings is 4. The van der Waals surface area contributed by atoms with E-state index in [0.717, 1.165) is 21.7 Å². The standard InChI is InChI=1S/C27H19N3O3S2/c1-30(19-9-3-2-4-10-19)35(32,33)20-15-13-18(14-16-20)26(31)29-27-28-24-21-11-5-7-17-8-6-12-22(23(17)21)25(24)34-27/h2-16H,1H3,(H,28,29,31). The summed E-state index contributed by atoms with van der Waals surface area (Å²) in [5.74, 6) is -0.343. The lowest BCUT2D eigenvalue weighted by atomic mass is 10.0. The summed E-state index contributed by atoms with van der Waals surface area (Å²) in [5.41, 5.74) is 3.99. The fraction of sp³-hybridized carbons (Fsp3) is 0.0370. The number of amides is 1. The van der Waals surface area contributed by atoms with Gasteiger partial charge in [-0.15, -0.1) is 0 Å². The minimum Gasteiger partial charge on any atom is -0.298 e. The number of carbonyl (C=O) groups is 1. The van der Waals surface area contributed by atoms with Crippen molar-refractivity contribution in [3.05, 3.63) is 96.6 Å². The monoisotopic (exact) mass is 497 g/mol. The largest absolute Gasteiger partial charge is 0.298 e. The van der Waals surface area contributed by atoms with Crippen molar-refractivity contribution in [3.8, 4) is 21.7 Å². The molecule has 1 aliphatic rings. The third-order valence-corrected chi connectivity index (χ3v) is 8.95. The average Bonchev–Trinajstić information content (AvgIpc) is 3.43. The number of aromatic nitrogens is 1. The highest BCUT2D eigenvalue weighted by molar-refractivity contribution is 7.92. The van der Waals surface area contributed by atoms with E-state index >= 15 is 0 Å². The van der Waals surface area contributed by atoms with Crippen molar-refractivity contribution in [2.24, 2.45) is 0 Å². The maximum atomic E-state index is 13.0. The van der Waals surface area contributed by atoms with Crippen LogP contribution in [0.15, 0.2) is 95.9 Å². The van der Waals surface area contributed by atoms with Gasteiger partial charge in [-0.3, -0.25) is 14.4 Å². The number of rotatable bonds is 5. The van der Waals surface area contributed by atoms with E-state index in [9.17, 15) is 13.2 Å². The van der Waals surface area contributed by atoms with E-state index < -0.39 is 10.0 Å². The van der Waals surface area contributed by atoms with E-state index in [0.29, 0.717) is 16.4 Å². The van der Waals surface area contributed by atoms with E-state index in [1.807, 2.05) is 18.2 Å². The molecule has 0 bridgehead atoms. The number of hydrogen-bond acceptors (Lipinski definition) is 5. The number of nitrogens with one attached hydrogen (secondary N) is 1. The highest BCUT2D eigenvalue weighted by Crippen LogP contribution is 2.50. The minimum atomic E-state index is -3.75. The van der Waals surface area contributed by atoms with Crippen LogP contribution in [0.2, 0.25) is 0 Å². The third-order valence-electron chi connectivity index (χ3n) is 6.15. The Balaban J connectivity index is 1.23. The molecule has 0 fully saturated rings. The summed E-state index contributed by atoms with van der Waals surface area (Å²) in [7, 11) is -2.24. The highest BCUT2D eigenvalue weighted by atomic mass is 32.2. The van der Waals surface area contributed by atoms with Crippen LogP contribution in [0.4, 0.5) is 10.8 Å². The van der Waals surface area contributed by atoms with Gasteiger partial charge < -0.3 is 0 Å². The summed E-state index contributed by atoms with van der Waals surface area (Å²) < 4.78 is 27.2. The molecule has 4 aromatic carbocycles. The molecule has 0 unspecified atom stereocenters. The molecule has 172 valence electrons. The van der Waals surface area contributed by atoms with Gasteiger partial charge in [-0.25, -0.2) is 13.4 Å². The second-order valence-corrected chi connectivity index (χ2v) is 11.2. The maximum Gasteiger partial charge on any atom is 0.264 e. The van der Waals surface area contributed by atoms with Gasteiger partial charge in [0.25, 0.3) is 15.9 Å². The third kappa shape index (κ3) is 3.50. The number of thiazole rings is 1. The summed E-state index contributed by atoms with van der Waals surface area (Å²) in [4.78, 5) is 18.7. The summed E-state index contributed by atoms with van der Waals surface area (Å²) in [6.45, 7) is 0. The molecule has 1 N–H and O–H groups in total. The number of anilines is 2. The van der Waals surface area contributed by atoms with E-state index in [4.69, 9.17) is 4.98 Å². The van der Waals surface area contributed by atoms with Crippen LogP contribution in [-0.4, -0.2) is 26.4 Å². The van der Waals surface area contributed by atoms with E-state index in [1.54, 1.807) is 24.3 Å². The Morgan fingerprint density at radius 1 is 0.857 bits per heavy atom. The van der Waals surface area contributed by atoms with E-state index in [2.05, 4.69) is 29.6 Å². The van der Waals surface area contributed by atoms with E-state index in [1.165, 1.54) is 57.7 Å². The van der Waals surface area contributed by atoms with Crippen molar-refractivity contribution in [1.82, 2.24) is 4.98 Å². The molecule has 0 spiro atoms. The van der Waals surface area contributed by atoms with Gasteiger partial charge in [0.05, 0.1) is 21.2 Å². The predicted octanol–water partition coefficient (Wildman–Crippen LogP) is 6.02. The quantitative estimate of drug-likeness (QED) is 0.316. The molecular weight excluding hydrogens is 478 g/mol. The Bertz CT molecular complexity index is 1650. The van der Waals surface area contributed by atoms with Crippen LogP contribution in [-0.2, 0) is 10.0 Å². The summed E-state index contributed by atoms with van der Waals surface area (Å²) in [6, 6.07) is 27.1. The van der Waals surface area contributed by atoms with Crippen molar-refractivity contribution in [1.29, 1.82) is 0 Å². The number of fused-ring (bicyclic) bond motifs is 3. The topological polar surface area (TPSA) is 79.4 Å². The van der Waals surface area contributed by atoms with Crippen LogP contribution < -0.4 is 9.62 Å². The zero-order valence-corrected chi connectivity index (χ0v) is 20.2. The molecule has 0 radical (unpaired) electrons. The Hall–Kier alpha value is -4.01. The molecule has 5 aromatic rings. The molecule has 1 heterocycles. The molecule has 6 rings (SSSR count). The Labute approximate surface area is 206 Å². The molecule has 1 amide bonds. The van der Waals surface area contributed by atoms with Gasteiger partial charge in [0.2, 0.25) is 0 Å². The second-order valence-electron chi connectivity index (χ2n) is 8.19. The molecule has 6 nitrogen and oxygen atoms in total. The average molecular weight is 498 g/mol. The molecule has 0 aliphatic heterocycles. The number of nitrogens with zero attached hydrogens (tertiary/aromatic N) is 2. The number of carbonyl (C=O) groups excluding carboxylic acids is 1. The Morgan fingerprint density at radius 3 is 2.26 bits per heavy atom. The van der Waals surface area contributed by atoms with Gasteiger partial charge in [-0.05, 0) is 47.2 Å². The predicted molar refractivity (Wildman–Crippen MR) is 140 cm³/mol. The lowest BCUT2D eigenvalue weighted by Gasteiger charge is -2.19. The van der Waals surface area contributed by atoms with Gasteiger partial charge in [-0.2, -0.15) is 0 Å².